The van der Waals surface area contributed by atoms with E-state index in [1.807, 2.05) is 13.0 Å². The van der Waals surface area contributed by atoms with Crippen molar-refractivity contribution in [2.24, 2.45) is 4.99 Å². The van der Waals surface area contributed by atoms with Gasteiger partial charge in [0.15, 0.2) is 16.7 Å². The lowest BCUT2D eigenvalue weighted by molar-refractivity contribution is -0.122. The first-order valence-electron chi connectivity index (χ1n) is 9.31. The number of hydrogen-bond acceptors (Lipinski definition) is 7. The predicted molar refractivity (Wildman–Crippen MR) is 115 cm³/mol. The van der Waals surface area contributed by atoms with Crippen LogP contribution in [-0.4, -0.2) is 48.4 Å². The van der Waals surface area contributed by atoms with Crippen molar-refractivity contribution in [1.29, 1.82) is 0 Å². The van der Waals surface area contributed by atoms with Gasteiger partial charge in [-0.1, -0.05) is 17.8 Å². The third-order valence-corrected chi connectivity index (χ3v) is 5.29. The van der Waals surface area contributed by atoms with Gasteiger partial charge in [0, 0.05) is 6.54 Å². The Balaban J connectivity index is 1.68. The van der Waals surface area contributed by atoms with E-state index in [4.69, 9.17) is 13.9 Å². The van der Waals surface area contributed by atoms with Crippen LogP contribution in [0.4, 0.5) is 0 Å². The summed E-state index contributed by atoms with van der Waals surface area (Å²) in [4.78, 5) is 30.8. The van der Waals surface area contributed by atoms with E-state index < -0.39 is 0 Å². The molecule has 0 atom stereocenters. The SMILES string of the molecule is CCN1C(=O)C(=Cc2ccc(OC)c(OC)c2)N=C1SCC(=O)NCc1ccco1. The summed E-state index contributed by atoms with van der Waals surface area (Å²) in [6.07, 6.45) is 3.25. The monoisotopic (exact) mass is 429 g/mol. The standard InChI is InChI=1S/C21H23N3O5S/c1-4-24-20(26)16(10-14-7-8-17(27-2)18(11-14)28-3)23-21(24)30-13-19(25)22-12-15-6-5-9-29-15/h5-11H,4,12-13H2,1-3H3,(H,22,25). The first kappa shape index (κ1) is 21.5. The summed E-state index contributed by atoms with van der Waals surface area (Å²) < 4.78 is 15.7. The maximum absolute atomic E-state index is 12.7. The number of nitrogens with one attached hydrogen (secondary N) is 1. The number of carbonyl (C=O) groups is 2. The van der Waals surface area contributed by atoms with E-state index >= 15 is 0 Å². The minimum absolute atomic E-state index is 0.146. The Labute approximate surface area is 178 Å². The summed E-state index contributed by atoms with van der Waals surface area (Å²) in [5, 5.41) is 3.28. The minimum Gasteiger partial charge on any atom is -0.493 e. The van der Waals surface area contributed by atoms with Crippen LogP contribution in [0.3, 0.4) is 0 Å². The van der Waals surface area contributed by atoms with E-state index in [1.165, 1.54) is 11.8 Å². The quantitative estimate of drug-likeness (QED) is 0.649. The molecular weight excluding hydrogens is 406 g/mol. The first-order chi connectivity index (χ1) is 14.5. The van der Waals surface area contributed by atoms with Crippen LogP contribution in [-0.2, 0) is 16.1 Å². The Kier molecular flexibility index (Phi) is 7.18. The van der Waals surface area contributed by atoms with Crippen molar-refractivity contribution >= 4 is 34.8 Å². The van der Waals surface area contributed by atoms with Crippen molar-refractivity contribution in [3.63, 3.8) is 0 Å². The van der Waals surface area contributed by atoms with Gasteiger partial charge in [-0.25, -0.2) is 4.99 Å². The summed E-state index contributed by atoms with van der Waals surface area (Å²) in [5.74, 6) is 1.62. The number of hydrogen-bond donors (Lipinski definition) is 1. The molecule has 2 heterocycles. The van der Waals surface area contributed by atoms with Gasteiger partial charge >= 0.3 is 0 Å². The topological polar surface area (TPSA) is 93.4 Å². The average molecular weight is 429 g/mol. The molecule has 1 aliphatic rings. The highest BCUT2D eigenvalue weighted by Crippen LogP contribution is 2.30. The molecule has 3 rings (SSSR count). The lowest BCUT2D eigenvalue weighted by atomic mass is 10.1. The molecule has 1 N–H and O–H groups in total. The molecule has 0 radical (unpaired) electrons. The summed E-state index contributed by atoms with van der Waals surface area (Å²) in [6, 6.07) is 8.92. The number of ether oxygens (including phenoxy) is 2. The Morgan fingerprint density at radius 2 is 2.07 bits per heavy atom. The van der Waals surface area contributed by atoms with E-state index in [1.54, 1.807) is 55.7 Å². The first-order valence-corrected chi connectivity index (χ1v) is 10.3. The van der Waals surface area contributed by atoms with Gasteiger partial charge in [0.2, 0.25) is 5.91 Å². The highest BCUT2D eigenvalue weighted by atomic mass is 32.2. The molecule has 2 aromatic rings. The van der Waals surface area contributed by atoms with Crippen molar-refractivity contribution in [3.8, 4) is 11.5 Å². The van der Waals surface area contributed by atoms with Gasteiger partial charge in [-0.2, -0.15) is 0 Å². The Bertz CT molecular complexity index is 969. The molecule has 0 spiro atoms. The normalized spacial score (nSPS) is 14.8. The molecule has 158 valence electrons. The van der Waals surface area contributed by atoms with Crippen molar-refractivity contribution in [3.05, 3.63) is 53.6 Å². The summed E-state index contributed by atoms with van der Waals surface area (Å²) in [6.45, 7) is 2.64. The van der Waals surface area contributed by atoms with Crippen LogP contribution in [0.1, 0.15) is 18.2 Å². The highest BCUT2D eigenvalue weighted by Gasteiger charge is 2.29. The van der Waals surface area contributed by atoms with Gasteiger partial charge in [0.25, 0.3) is 5.91 Å². The Morgan fingerprint density at radius 3 is 2.73 bits per heavy atom. The molecular formula is C21H23N3O5S. The van der Waals surface area contributed by atoms with Crippen molar-refractivity contribution in [2.45, 2.75) is 13.5 Å². The summed E-state index contributed by atoms with van der Waals surface area (Å²) >= 11 is 1.22. The van der Waals surface area contributed by atoms with E-state index in [-0.39, 0.29) is 17.6 Å². The maximum Gasteiger partial charge on any atom is 0.278 e. The van der Waals surface area contributed by atoms with Gasteiger partial charge < -0.3 is 19.2 Å². The number of amides is 2. The average Bonchev–Trinajstić information content (AvgIpc) is 3.38. The summed E-state index contributed by atoms with van der Waals surface area (Å²) in [7, 11) is 3.12. The molecule has 30 heavy (non-hydrogen) atoms. The van der Waals surface area contributed by atoms with E-state index in [2.05, 4.69) is 10.3 Å². The van der Waals surface area contributed by atoms with Crippen LogP contribution in [0.5, 0.6) is 11.5 Å². The largest absolute Gasteiger partial charge is 0.493 e. The fraction of sp³-hybridized carbons (Fsp3) is 0.286. The molecule has 0 bridgehead atoms. The lowest BCUT2D eigenvalue weighted by Gasteiger charge is -2.14. The number of carbonyl (C=O) groups excluding carboxylic acids is 2. The van der Waals surface area contributed by atoms with Gasteiger partial charge in [-0.3, -0.25) is 14.5 Å². The zero-order chi connectivity index (χ0) is 21.5. The Morgan fingerprint density at radius 1 is 1.27 bits per heavy atom. The van der Waals surface area contributed by atoms with Crippen molar-refractivity contribution in [2.75, 3.05) is 26.5 Å². The molecule has 9 heteroatoms. The minimum atomic E-state index is -0.203. The zero-order valence-corrected chi connectivity index (χ0v) is 17.8. The molecule has 0 aliphatic carbocycles. The van der Waals surface area contributed by atoms with Crippen LogP contribution >= 0.6 is 11.8 Å². The number of benzene rings is 1. The second-order valence-electron chi connectivity index (χ2n) is 6.23. The number of aliphatic imine (C=N–C) groups is 1. The van der Waals surface area contributed by atoms with Gasteiger partial charge in [-0.05, 0) is 42.8 Å². The number of furan rings is 1. The fourth-order valence-electron chi connectivity index (χ4n) is 2.80. The number of methoxy groups -OCH3 is 2. The van der Waals surface area contributed by atoms with E-state index in [9.17, 15) is 9.59 Å². The van der Waals surface area contributed by atoms with E-state index in [0.717, 1.165) is 5.56 Å². The molecule has 8 nitrogen and oxygen atoms in total. The summed E-state index contributed by atoms with van der Waals surface area (Å²) in [5.41, 5.74) is 1.07. The number of likely N-dealkylation sites (N-methyl/N-ethyl adjacent to an activating group) is 1. The van der Waals surface area contributed by atoms with E-state index in [0.29, 0.717) is 41.2 Å². The number of rotatable bonds is 8. The Hall–Kier alpha value is -3.20. The lowest BCUT2D eigenvalue weighted by Crippen LogP contribution is -2.32. The molecule has 1 aromatic carbocycles. The zero-order valence-electron chi connectivity index (χ0n) is 17.0. The van der Waals surface area contributed by atoms with Gasteiger partial charge in [0.05, 0.1) is 32.8 Å². The molecule has 0 unspecified atom stereocenters. The highest BCUT2D eigenvalue weighted by molar-refractivity contribution is 8.14. The molecule has 0 fully saturated rings. The molecule has 1 aromatic heterocycles. The third-order valence-electron chi connectivity index (χ3n) is 4.31. The molecule has 0 saturated carbocycles. The molecule has 1 aliphatic heterocycles. The molecule has 0 saturated heterocycles. The number of amidine groups is 1. The fourth-order valence-corrected chi connectivity index (χ4v) is 3.69. The second-order valence-corrected chi connectivity index (χ2v) is 7.18. The van der Waals surface area contributed by atoms with Gasteiger partial charge in [-0.15, -0.1) is 0 Å². The smallest absolute Gasteiger partial charge is 0.278 e. The molecule has 2 amide bonds. The van der Waals surface area contributed by atoms with Crippen molar-refractivity contribution in [1.82, 2.24) is 10.2 Å². The maximum atomic E-state index is 12.7. The van der Waals surface area contributed by atoms with Crippen molar-refractivity contribution < 1.29 is 23.5 Å². The van der Waals surface area contributed by atoms with Crippen LogP contribution in [0, 0.1) is 0 Å². The predicted octanol–water partition coefficient (Wildman–Crippen LogP) is 2.91. The van der Waals surface area contributed by atoms with Crippen LogP contribution < -0.4 is 14.8 Å². The number of thioether (sulfide) groups is 1. The van der Waals surface area contributed by atoms with Crippen LogP contribution in [0.2, 0.25) is 0 Å². The second kappa shape index (κ2) is 10.0. The van der Waals surface area contributed by atoms with Crippen LogP contribution in [0.25, 0.3) is 6.08 Å². The van der Waals surface area contributed by atoms with Crippen LogP contribution in [0.15, 0.2) is 51.7 Å². The number of nitrogens with zero attached hydrogens (tertiary/aromatic N) is 2. The third kappa shape index (κ3) is 5.04. The van der Waals surface area contributed by atoms with Gasteiger partial charge in [0.1, 0.15) is 11.5 Å².